The summed E-state index contributed by atoms with van der Waals surface area (Å²) in [5.74, 6) is 0.549. The number of aryl methyl sites for hydroxylation is 1. The maximum absolute atomic E-state index is 12.7. The third kappa shape index (κ3) is 3.16. The number of aromatic nitrogens is 2. The van der Waals surface area contributed by atoms with Crippen molar-refractivity contribution < 1.29 is 14.1 Å². The van der Waals surface area contributed by atoms with Crippen molar-refractivity contribution >= 4 is 11.6 Å². The Morgan fingerprint density at radius 3 is 2.71 bits per heavy atom. The van der Waals surface area contributed by atoms with E-state index in [4.69, 9.17) is 4.42 Å². The third-order valence-electron chi connectivity index (χ3n) is 4.14. The van der Waals surface area contributed by atoms with Gasteiger partial charge in [0.05, 0.1) is 17.7 Å². The van der Waals surface area contributed by atoms with Crippen molar-refractivity contribution in [2.45, 2.75) is 20.0 Å². The molecule has 128 valence electrons. The van der Waals surface area contributed by atoms with E-state index in [9.17, 15) is 14.9 Å². The van der Waals surface area contributed by atoms with Gasteiger partial charge in [0.2, 0.25) is 5.69 Å². The van der Waals surface area contributed by atoms with Crippen molar-refractivity contribution in [3.05, 3.63) is 46.2 Å². The SMILES string of the molecule is CCn1ncc([N+](=O)[O-])c1C(=O)N1CCN(Cc2ccco2)CC1. The number of rotatable bonds is 5. The summed E-state index contributed by atoms with van der Waals surface area (Å²) >= 11 is 0. The minimum absolute atomic E-state index is 0.0574. The Bertz CT molecular complexity index is 716. The second-order valence-corrected chi connectivity index (χ2v) is 5.60. The van der Waals surface area contributed by atoms with E-state index >= 15 is 0 Å². The van der Waals surface area contributed by atoms with Crippen LogP contribution in [-0.4, -0.2) is 56.6 Å². The van der Waals surface area contributed by atoms with E-state index in [0.29, 0.717) is 39.3 Å². The number of carbonyl (C=O) groups is 1. The molecule has 0 atom stereocenters. The van der Waals surface area contributed by atoms with Crippen LogP contribution in [0.3, 0.4) is 0 Å². The van der Waals surface area contributed by atoms with Crippen LogP contribution in [0.4, 0.5) is 5.69 Å². The smallest absolute Gasteiger partial charge is 0.320 e. The summed E-state index contributed by atoms with van der Waals surface area (Å²) in [7, 11) is 0. The summed E-state index contributed by atoms with van der Waals surface area (Å²) < 4.78 is 6.72. The lowest BCUT2D eigenvalue weighted by Gasteiger charge is -2.34. The fourth-order valence-corrected chi connectivity index (χ4v) is 2.85. The van der Waals surface area contributed by atoms with Gasteiger partial charge in [0, 0.05) is 32.7 Å². The Kier molecular flexibility index (Phi) is 4.61. The molecule has 9 nitrogen and oxygen atoms in total. The van der Waals surface area contributed by atoms with E-state index in [0.717, 1.165) is 12.0 Å². The Morgan fingerprint density at radius 1 is 1.38 bits per heavy atom. The largest absolute Gasteiger partial charge is 0.468 e. The molecule has 1 aliphatic heterocycles. The van der Waals surface area contributed by atoms with Crippen LogP contribution in [0.2, 0.25) is 0 Å². The molecule has 9 heteroatoms. The van der Waals surface area contributed by atoms with Crippen LogP contribution in [0, 0.1) is 10.1 Å². The standard InChI is InChI=1S/C15H19N5O4/c1-2-19-14(13(10-16-19)20(22)23)15(21)18-7-5-17(6-8-18)11-12-4-3-9-24-12/h3-4,9-10H,2,5-8,11H2,1H3. The molecule has 0 spiro atoms. The van der Waals surface area contributed by atoms with Gasteiger partial charge in [0.25, 0.3) is 5.91 Å². The second-order valence-electron chi connectivity index (χ2n) is 5.60. The minimum Gasteiger partial charge on any atom is -0.468 e. The van der Waals surface area contributed by atoms with Crippen molar-refractivity contribution in [3.63, 3.8) is 0 Å². The van der Waals surface area contributed by atoms with Gasteiger partial charge in [-0.3, -0.25) is 24.5 Å². The highest BCUT2D eigenvalue weighted by atomic mass is 16.6. The zero-order valence-corrected chi connectivity index (χ0v) is 13.4. The summed E-state index contributed by atoms with van der Waals surface area (Å²) in [4.78, 5) is 27.1. The molecule has 3 heterocycles. The van der Waals surface area contributed by atoms with Gasteiger partial charge in [-0.25, -0.2) is 0 Å². The number of furan rings is 1. The first-order chi connectivity index (χ1) is 11.6. The van der Waals surface area contributed by atoms with Gasteiger partial charge in [0.1, 0.15) is 12.0 Å². The molecule has 3 rings (SSSR count). The van der Waals surface area contributed by atoms with Gasteiger partial charge in [-0.05, 0) is 19.1 Å². The van der Waals surface area contributed by atoms with Crippen LogP contribution in [0.5, 0.6) is 0 Å². The number of nitro groups is 1. The fraction of sp³-hybridized carbons (Fsp3) is 0.467. The molecule has 2 aromatic rings. The van der Waals surface area contributed by atoms with Gasteiger partial charge in [-0.1, -0.05) is 0 Å². The first-order valence-corrected chi connectivity index (χ1v) is 7.84. The van der Waals surface area contributed by atoms with Crippen molar-refractivity contribution in [2.24, 2.45) is 0 Å². The van der Waals surface area contributed by atoms with Gasteiger partial charge in [-0.2, -0.15) is 5.10 Å². The van der Waals surface area contributed by atoms with Crippen LogP contribution in [0.1, 0.15) is 23.2 Å². The number of hydrogen-bond donors (Lipinski definition) is 0. The van der Waals surface area contributed by atoms with E-state index in [1.54, 1.807) is 18.1 Å². The highest BCUT2D eigenvalue weighted by Crippen LogP contribution is 2.21. The average molecular weight is 333 g/mol. The highest BCUT2D eigenvalue weighted by molar-refractivity contribution is 5.96. The number of nitrogens with zero attached hydrogens (tertiary/aromatic N) is 5. The zero-order chi connectivity index (χ0) is 17.1. The van der Waals surface area contributed by atoms with Crippen molar-refractivity contribution in [1.82, 2.24) is 19.6 Å². The lowest BCUT2D eigenvalue weighted by molar-refractivity contribution is -0.385. The maximum atomic E-state index is 12.7. The highest BCUT2D eigenvalue weighted by Gasteiger charge is 2.31. The molecule has 1 saturated heterocycles. The Balaban J connectivity index is 1.67. The normalized spacial score (nSPS) is 15.6. The van der Waals surface area contributed by atoms with E-state index in [-0.39, 0.29) is 17.3 Å². The molecule has 24 heavy (non-hydrogen) atoms. The van der Waals surface area contributed by atoms with Crippen LogP contribution in [0.15, 0.2) is 29.0 Å². The van der Waals surface area contributed by atoms with Crippen LogP contribution in [-0.2, 0) is 13.1 Å². The predicted molar refractivity (Wildman–Crippen MR) is 84.4 cm³/mol. The van der Waals surface area contributed by atoms with E-state index in [2.05, 4.69) is 10.00 Å². The maximum Gasteiger partial charge on any atom is 0.320 e. The topological polar surface area (TPSA) is 97.6 Å². The minimum atomic E-state index is -0.556. The first kappa shape index (κ1) is 16.2. The third-order valence-corrected chi connectivity index (χ3v) is 4.14. The monoisotopic (exact) mass is 333 g/mol. The molecule has 2 aromatic heterocycles. The van der Waals surface area contributed by atoms with Crippen LogP contribution in [0.25, 0.3) is 0 Å². The Morgan fingerprint density at radius 2 is 2.12 bits per heavy atom. The van der Waals surface area contributed by atoms with Gasteiger partial charge >= 0.3 is 5.69 Å². The Labute approximate surface area is 138 Å². The number of hydrogen-bond acceptors (Lipinski definition) is 6. The molecular formula is C15H19N5O4. The number of carbonyl (C=O) groups excluding carboxylic acids is 1. The average Bonchev–Trinajstić information content (AvgIpc) is 3.23. The first-order valence-electron chi connectivity index (χ1n) is 7.84. The predicted octanol–water partition coefficient (Wildman–Crippen LogP) is 1.36. The second kappa shape index (κ2) is 6.83. The quantitative estimate of drug-likeness (QED) is 0.605. The van der Waals surface area contributed by atoms with Crippen molar-refractivity contribution in [1.29, 1.82) is 0 Å². The molecule has 1 aliphatic rings. The van der Waals surface area contributed by atoms with Crippen LogP contribution < -0.4 is 0 Å². The van der Waals surface area contributed by atoms with E-state index < -0.39 is 4.92 Å². The van der Waals surface area contributed by atoms with Crippen LogP contribution >= 0.6 is 0 Å². The summed E-state index contributed by atoms with van der Waals surface area (Å²) in [5.41, 5.74) is -0.179. The Hall–Kier alpha value is -2.68. The fourth-order valence-electron chi connectivity index (χ4n) is 2.85. The lowest BCUT2D eigenvalue weighted by atomic mass is 10.2. The molecule has 0 radical (unpaired) electrons. The molecule has 0 aromatic carbocycles. The molecule has 0 saturated carbocycles. The summed E-state index contributed by atoms with van der Waals surface area (Å²) in [5, 5.41) is 15.1. The van der Waals surface area contributed by atoms with Gasteiger partial charge in [-0.15, -0.1) is 0 Å². The molecule has 1 fully saturated rings. The molecule has 1 amide bonds. The summed E-state index contributed by atoms with van der Waals surface area (Å²) in [6, 6.07) is 3.76. The van der Waals surface area contributed by atoms with Gasteiger partial charge in [0.15, 0.2) is 0 Å². The summed E-state index contributed by atoms with van der Waals surface area (Å²) in [6.45, 7) is 5.34. The molecular weight excluding hydrogens is 314 g/mol. The van der Waals surface area contributed by atoms with E-state index in [1.165, 1.54) is 4.68 Å². The lowest BCUT2D eigenvalue weighted by Crippen LogP contribution is -2.48. The van der Waals surface area contributed by atoms with Crippen molar-refractivity contribution in [2.75, 3.05) is 26.2 Å². The number of amides is 1. The van der Waals surface area contributed by atoms with E-state index in [1.807, 2.05) is 12.1 Å². The van der Waals surface area contributed by atoms with Gasteiger partial charge < -0.3 is 9.32 Å². The molecule has 0 aliphatic carbocycles. The molecule has 0 N–H and O–H groups in total. The number of piperazine rings is 1. The van der Waals surface area contributed by atoms with Crippen molar-refractivity contribution in [3.8, 4) is 0 Å². The summed E-state index contributed by atoms with van der Waals surface area (Å²) in [6.07, 6.45) is 2.78. The zero-order valence-electron chi connectivity index (χ0n) is 13.4. The molecule has 0 bridgehead atoms. The molecule has 0 unspecified atom stereocenters.